The lowest BCUT2D eigenvalue weighted by Gasteiger charge is -2.16. The van der Waals surface area contributed by atoms with Crippen molar-refractivity contribution in [2.24, 2.45) is 0 Å². The van der Waals surface area contributed by atoms with Gasteiger partial charge in [-0.25, -0.2) is 0 Å². The number of fused-ring (bicyclic) bond motifs is 3. The molecule has 3 aromatic carbocycles. The standard InChI is InChI=1S/C22H16N4O3S/c1-12-3-7-20-18(9-12)26(2)22(28)15-11-14(5-8-19(15)29-20)23-21(27)13-4-6-16-17(10-13)25-30-24-16/h3-11H,1-2H3,(H,23,27). The lowest BCUT2D eigenvalue weighted by Crippen LogP contribution is -2.25. The van der Waals surface area contributed by atoms with Crippen molar-refractivity contribution >= 4 is 46.0 Å². The van der Waals surface area contributed by atoms with E-state index in [1.165, 1.54) is 0 Å². The van der Waals surface area contributed by atoms with Crippen molar-refractivity contribution in [2.45, 2.75) is 6.92 Å². The smallest absolute Gasteiger partial charge is 0.261 e. The number of anilines is 2. The van der Waals surface area contributed by atoms with Gasteiger partial charge in [0.25, 0.3) is 11.8 Å². The third kappa shape index (κ3) is 3.07. The summed E-state index contributed by atoms with van der Waals surface area (Å²) in [5.74, 6) is 0.555. The number of benzene rings is 3. The minimum absolute atomic E-state index is 0.208. The quantitative estimate of drug-likeness (QED) is 0.515. The number of hydrogen-bond acceptors (Lipinski definition) is 6. The minimum atomic E-state index is -0.292. The van der Waals surface area contributed by atoms with Crippen LogP contribution in [0.25, 0.3) is 11.0 Å². The highest BCUT2D eigenvalue weighted by molar-refractivity contribution is 7.00. The first kappa shape index (κ1) is 18.3. The van der Waals surface area contributed by atoms with E-state index in [-0.39, 0.29) is 11.8 Å². The van der Waals surface area contributed by atoms with Crippen molar-refractivity contribution < 1.29 is 14.3 Å². The van der Waals surface area contributed by atoms with Crippen LogP contribution in [-0.4, -0.2) is 27.6 Å². The second-order valence-corrected chi connectivity index (χ2v) is 7.60. The van der Waals surface area contributed by atoms with Gasteiger partial charge in [0.15, 0.2) is 5.75 Å². The number of amides is 2. The van der Waals surface area contributed by atoms with Gasteiger partial charge in [-0.2, -0.15) is 8.75 Å². The van der Waals surface area contributed by atoms with Crippen molar-refractivity contribution in [3.05, 3.63) is 71.3 Å². The lowest BCUT2D eigenvalue weighted by molar-refractivity contribution is 0.0990. The molecule has 1 N–H and O–H groups in total. The van der Waals surface area contributed by atoms with Crippen molar-refractivity contribution in [1.82, 2.24) is 8.75 Å². The third-order valence-corrected chi connectivity index (χ3v) is 5.54. The summed E-state index contributed by atoms with van der Waals surface area (Å²) in [5.41, 5.74) is 4.50. The Morgan fingerprint density at radius 1 is 1.00 bits per heavy atom. The first-order valence-electron chi connectivity index (χ1n) is 9.24. The Hall–Kier alpha value is -3.78. The van der Waals surface area contributed by atoms with Crippen LogP contribution < -0.4 is 15.0 Å². The maximum Gasteiger partial charge on any atom is 0.261 e. The van der Waals surface area contributed by atoms with Gasteiger partial charge in [-0.15, -0.1) is 0 Å². The summed E-state index contributed by atoms with van der Waals surface area (Å²) in [6.07, 6.45) is 0. The van der Waals surface area contributed by atoms with Crippen LogP contribution in [0.15, 0.2) is 54.6 Å². The zero-order valence-electron chi connectivity index (χ0n) is 16.2. The molecular weight excluding hydrogens is 400 g/mol. The van der Waals surface area contributed by atoms with Crippen LogP contribution in [0.2, 0.25) is 0 Å². The highest BCUT2D eigenvalue weighted by Gasteiger charge is 2.26. The van der Waals surface area contributed by atoms with Gasteiger partial charge in [-0.1, -0.05) is 6.07 Å². The van der Waals surface area contributed by atoms with E-state index >= 15 is 0 Å². The molecule has 0 radical (unpaired) electrons. The lowest BCUT2D eigenvalue weighted by atomic mass is 10.1. The highest BCUT2D eigenvalue weighted by atomic mass is 32.1. The number of nitrogens with one attached hydrogen (secondary N) is 1. The summed E-state index contributed by atoms with van der Waals surface area (Å²) in [5, 5.41) is 2.84. The van der Waals surface area contributed by atoms with E-state index in [4.69, 9.17) is 4.74 Å². The fourth-order valence-electron chi connectivity index (χ4n) is 3.37. The van der Waals surface area contributed by atoms with Crippen LogP contribution in [-0.2, 0) is 0 Å². The molecule has 0 aliphatic carbocycles. The molecule has 0 saturated heterocycles. The first-order chi connectivity index (χ1) is 14.5. The molecule has 1 aromatic heterocycles. The van der Waals surface area contributed by atoms with Crippen LogP contribution in [0.1, 0.15) is 26.3 Å². The van der Waals surface area contributed by atoms with E-state index in [2.05, 4.69) is 14.1 Å². The SMILES string of the molecule is Cc1ccc2c(c1)N(C)C(=O)c1cc(NC(=O)c3ccc4nsnc4c3)ccc1O2. The molecule has 0 saturated carbocycles. The predicted octanol–water partition coefficient (Wildman–Crippen LogP) is 4.63. The Kier molecular flexibility index (Phi) is 4.22. The Labute approximate surface area is 176 Å². The van der Waals surface area contributed by atoms with Gasteiger partial charge in [-0.05, 0) is 61.0 Å². The molecule has 0 fully saturated rings. The molecule has 148 valence electrons. The van der Waals surface area contributed by atoms with Gasteiger partial charge in [0.05, 0.1) is 23.0 Å². The number of carbonyl (C=O) groups is 2. The van der Waals surface area contributed by atoms with Gasteiger partial charge in [0.1, 0.15) is 16.8 Å². The number of aromatic nitrogens is 2. The maximum atomic E-state index is 13.1. The van der Waals surface area contributed by atoms with E-state index in [1.807, 2.05) is 25.1 Å². The number of aryl methyl sites for hydroxylation is 1. The molecule has 4 aromatic rings. The first-order valence-corrected chi connectivity index (χ1v) is 9.97. The van der Waals surface area contributed by atoms with Crippen LogP contribution >= 0.6 is 11.7 Å². The topological polar surface area (TPSA) is 84.4 Å². The van der Waals surface area contributed by atoms with E-state index in [1.54, 1.807) is 48.3 Å². The molecule has 30 heavy (non-hydrogen) atoms. The number of rotatable bonds is 2. The molecule has 1 aliphatic heterocycles. The normalized spacial score (nSPS) is 12.7. The van der Waals surface area contributed by atoms with Crippen LogP contribution in [0, 0.1) is 6.92 Å². The van der Waals surface area contributed by atoms with Gasteiger partial charge < -0.3 is 15.0 Å². The molecule has 0 bridgehead atoms. The van der Waals surface area contributed by atoms with Gasteiger partial charge in [0, 0.05) is 18.3 Å². The maximum absolute atomic E-state index is 13.1. The van der Waals surface area contributed by atoms with Gasteiger partial charge >= 0.3 is 0 Å². The Morgan fingerprint density at radius 2 is 1.80 bits per heavy atom. The average Bonchev–Trinajstić information content (AvgIpc) is 3.19. The van der Waals surface area contributed by atoms with Crippen LogP contribution in [0.3, 0.4) is 0 Å². The van der Waals surface area contributed by atoms with E-state index in [0.29, 0.717) is 39.5 Å². The molecular formula is C22H16N4O3S. The zero-order chi connectivity index (χ0) is 20.8. The summed E-state index contributed by atoms with van der Waals surface area (Å²) in [4.78, 5) is 27.3. The molecule has 7 nitrogen and oxygen atoms in total. The summed E-state index contributed by atoms with van der Waals surface area (Å²) in [6, 6.07) is 15.9. The highest BCUT2D eigenvalue weighted by Crippen LogP contribution is 2.39. The van der Waals surface area contributed by atoms with Crippen molar-refractivity contribution in [3.63, 3.8) is 0 Å². The molecule has 2 heterocycles. The van der Waals surface area contributed by atoms with Crippen LogP contribution in [0.5, 0.6) is 11.5 Å². The largest absolute Gasteiger partial charge is 0.454 e. The number of ether oxygens (including phenoxy) is 1. The van der Waals surface area contributed by atoms with Crippen molar-refractivity contribution in [1.29, 1.82) is 0 Å². The number of carbonyl (C=O) groups excluding carboxylic acids is 2. The second-order valence-electron chi connectivity index (χ2n) is 7.07. The molecule has 5 rings (SSSR count). The Morgan fingerprint density at radius 3 is 2.67 bits per heavy atom. The average molecular weight is 416 g/mol. The monoisotopic (exact) mass is 416 g/mol. The predicted molar refractivity (Wildman–Crippen MR) is 116 cm³/mol. The molecule has 2 amide bonds. The van der Waals surface area contributed by atoms with Crippen molar-refractivity contribution in [2.75, 3.05) is 17.3 Å². The van der Waals surface area contributed by atoms with Crippen molar-refractivity contribution in [3.8, 4) is 11.5 Å². The van der Waals surface area contributed by atoms with Crippen LogP contribution in [0.4, 0.5) is 11.4 Å². The number of nitrogens with zero attached hydrogens (tertiary/aromatic N) is 3. The molecule has 8 heteroatoms. The van der Waals surface area contributed by atoms with E-state index in [0.717, 1.165) is 22.8 Å². The third-order valence-electron chi connectivity index (χ3n) is 4.98. The fourth-order valence-corrected chi connectivity index (χ4v) is 3.89. The zero-order valence-corrected chi connectivity index (χ0v) is 17.0. The van der Waals surface area contributed by atoms with E-state index in [9.17, 15) is 9.59 Å². The molecule has 0 atom stereocenters. The molecule has 0 spiro atoms. The molecule has 0 unspecified atom stereocenters. The van der Waals surface area contributed by atoms with Gasteiger partial charge in [-0.3, -0.25) is 9.59 Å². The Bertz CT molecular complexity index is 1330. The Balaban J connectivity index is 1.46. The second kappa shape index (κ2) is 6.93. The summed E-state index contributed by atoms with van der Waals surface area (Å²) >= 11 is 1.10. The number of hydrogen-bond donors (Lipinski definition) is 1. The summed E-state index contributed by atoms with van der Waals surface area (Å²) in [6.45, 7) is 1.96. The van der Waals surface area contributed by atoms with E-state index < -0.39 is 0 Å². The van der Waals surface area contributed by atoms with Gasteiger partial charge in [0.2, 0.25) is 0 Å². The minimum Gasteiger partial charge on any atom is -0.454 e. The summed E-state index contributed by atoms with van der Waals surface area (Å²) in [7, 11) is 1.71. The molecule has 1 aliphatic rings. The summed E-state index contributed by atoms with van der Waals surface area (Å²) < 4.78 is 14.3. The fraction of sp³-hybridized carbons (Fsp3) is 0.0909.